The Bertz CT molecular complexity index is 651. The summed E-state index contributed by atoms with van der Waals surface area (Å²) in [6.07, 6.45) is -3.63. The first-order valence-corrected chi connectivity index (χ1v) is 10.9. The fourth-order valence-corrected chi connectivity index (χ4v) is 4.17. The van der Waals surface area contributed by atoms with Gasteiger partial charge in [-0.1, -0.05) is 27.7 Å². The van der Waals surface area contributed by atoms with E-state index in [0.29, 0.717) is 0 Å². The van der Waals surface area contributed by atoms with Crippen molar-refractivity contribution in [1.29, 1.82) is 0 Å². The molecule has 2 heterocycles. The van der Waals surface area contributed by atoms with Gasteiger partial charge in [0.1, 0.15) is 18.8 Å². The number of rotatable bonds is 6. The van der Waals surface area contributed by atoms with Crippen molar-refractivity contribution >= 4 is 17.9 Å². The molecule has 2 rings (SSSR count). The highest BCUT2D eigenvalue weighted by molar-refractivity contribution is 5.67. The zero-order chi connectivity index (χ0) is 23.5. The summed E-state index contributed by atoms with van der Waals surface area (Å²) >= 11 is 0. The number of hydrogen-bond donors (Lipinski definition) is 0. The summed E-state index contributed by atoms with van der Waals surface area (Å²) in [6, 6.07) is 0. The highest BCUT2D eigenvalue weighted by atomic mass is 16.7. The molecule has 0 N–H and O–H groups in total. The molecule has 9 heteroatoms. The van der Waals surface area contributed by atoms with Gasteiger partial charge in [0.25, 0.3) is 0 Å². The Morgan fingerprint density at radius 2 is 1.29 bits per heavy atom. The van der Waals surface area contributed by atoms with E-state index in [1.54, 1.807) is 13.8 Å². The molecule has 0 amide bonds. The topological polar surface area (TPSA) is 107 Å². The van der Waals surface area contributed by atoms with Crippen LogP contribution in [0.3, 0.4) is 0 Å². The molecule has 0 aromatic heterocycles. The fraction of sp³-hybridized carbons (Fsp3) is 0.864. The zero-order valence-corrected chi connectivity index (χ0v) is 19.7. The van der Waals surface area contributed by atoms with Gasteiger partial charge in [0.05, 0.1) is 18.1 Å². The molecule has 2 aliphatic heterocycles. The number of hydrogen-bond acceptors (Lipinski definition) is 9. The zero-order valence-electron chi connectivity index (χ0n) is 19.7. The predicted octanol–water partition coefficient (Wildman–Crippen LogP) is 2.44. The minimum absolute atomic E-state index is 0.0373. The molecule has 10 atom stereocenters. The first-order valence-electron chi connectivity index (χ1n) is 10.9. The van der Waals surface area contributed by atoms with Crippen LogP contribution in [0.4, 0.5) is 0 Å². The average Bonchev–Trinajstić information content (AvgIpc) is 2.66. The summed E-state index contributed by atoms with van der Waals surface area (Å²) in [5, 5.41) is 0. The lowest BCUT2D eigenvalue weighted by molar-refractivity contribution is -0.328. The lowest BCUT2D eigenvalue weighted by atomic mass is 9.79. The van der Waals surface area contributed by atoms with E-state index in [9.17, 15) is 14.4 Å². The molecule has 0 aliphatic carbocycles. The molecule has 0 radical (unpaired) electrons. The third-order valence-electron chi connectivity index (χ3n) is 6.39. The number of carbonyl (C=O) groups excluding carboxylic acids is 3. The molecule has 2 saturated heterocycles. The molecule has 2 aliphatic rings. The van der Waals surface area contributed by atoms with E-state index in [1.165, 1.54) is 20.8 Å². The lowest BCUT2D eigenvalue weighted by Gasteiger charge is -2.48. The molecule has 178 valence electrons. The van der Waals surface area contributed by atoms with Crippen LogP contribution < -0.4 is 0 Å². The van der Waals surface area contributed by atoms with Crippen molar-refractivity contribution in [2.24, 2.45) is 23.7 Å². The van der Waals surface area contributed by atoms with Crippen molar-refractivity contribution in [2.45, 2.75) is 92.4 Å². The Morgan fingerprint density at radius 3 is 1.84 bits per heavy atom. The Morgan fingerprint density at radius 1 is 0.677 bits per heavy atom. The van der Waals surface area contributed by atoms with Crippen LogP contribution in [0.15, 0.2) is 0 Å². The standard InChI is InChI=1S/C22H36O9/c1-10-11(2)18(9-26-15(6)23)30-21(12(10)3)31-20-14(5)27-22(29-17(8)25)13(4)19(20)28-16(7)24/h10-14,18-22H,9H2,1-8H3/t10-,11-,12?,13?,14?,18?,19-,20+,21+,22-/m0/s1. The monoisotopic (exact) mass is 444 g/mol. The molecule has 0 saturated carbocycles. The first kappa shape index (κ1) is 25.5. The minimum Gasteiger partial charge on any atom is -0.463 e. The van der Waals surface area contributed by atoms with Gasteiger partial charge >= 0.3 is 17.9 Å². The van der Waals surface area contributed by atoms with Crippen molar-refractivity contribution in [1.82, 2.24) is 0 Å². The van der Waals surface area contributed by atoms with E-state index in [4.69, 9.17) is 28.4 Å². The molecular formula is C22H36O9. The average molecular weight is 445 g/mol. The van der Waals surface area contributed by atoms with Gasteiger partial charge in [0.15, 0.2) is 6.29 Å². The molecule has 0 aromatic rings. The maximum atomic E-state index is 11.8. The minimum atomic E-state index is -0.850. The van der Waals surface area contributed by atoms with Gasteiger partial charge in [-0.3, -0.25) is 14.4 Å². The molecule has 0 aromatic carbocycles. The Hall–Kier alpha value is -1.71. The quantitative estimate of drug-likeness (QED) is 0.451. The second-order valence-electron chi connectivity index (χ2n) is 8.78. The lowest BCUT2D eigenvalue weighted by Crippen LogP contribution is -2.59. The molecular weight excluding hydrogens is 408 g/mol. The second-order valence-corrected chi connectivity index (χ2v) is 8.78. The van der Waals surface area contributed by atoms with Crippen LogP contribution in [-0.4, -0.2) is 61.5 Å². The van der Waals surface area contributed by atoms with Crippen LogP contribution in [0.2, 0.25) is 0 Å². The second kappa shape index (κ2) is 10.7. The highest BCUT2D eigenvalue weighted by Crippen LogP contribution is 2.39. The maximum Gasteiger partial charge on any atom is 0.304 e. The Labute approximate surface area is 184 Å². The van der Waals surface area contributed by atoms with Crippen LogP contribution in [0.25, 0.3) is 0 Å². The van der Waals surface area contributed by atoms with Crippen molar-refractivity contribution < 1.29 is 42.8 Å². The Balaban J connectivity index is 2.20. The molecule has 2 fully saturated rings. The third kappa shape index (κ3) is 6.40. The van der Waals surface area contributed by atoms with Crippen LogP contribution >= 0.6 is 0 Å². The molecule has 0 bridgehead atoms. The summed E-state index contributed by atoms with van der Waals surface area (Å²) in [5.41, 5.74) is 0. The van der Waals surface area contributed by atoms with E-state index < -0.39 is 48.7 Å². The highest BCUT2D eigenvalue weighted by Gasteiger charge is 2.49. The van der Waals surface area contributed by atoms with Gasteiger partial charge in [-0.05, 0) is 18.8 Å². The number of esters is 3. The summed E-state index contributed by atoms with van der Waals surface area (Å²) in [7, 11) is 0. The summed E-state index contributed by atoms with van der Waals surface area (Å²) in [4.78, 5) is 34.5. The van der Waals surface area contributed by atoms with Gasteiger partial charge in [0.2, 0.25) is 6.29 Å². The number of carbonyl (C=O) groups is 3. The molecule has 4 unspecified atom stereocenters. The van der Waals surface area contributed by atoms with E-state index in [1.807, 2.05) is 6.92 Å². The van der Waals surface area contributed by atoms with Gasteiger partial charge < -0.3 is 28.4 Å². The third-order valence-corrected chi connectivity index (χ3v) is 6.39. The van der Waals surface area contributed by atoms with Crippen molar-refractivity contribution in [3.63, 3.8) is 0 Å². The summed E-state index contributed by atoms with van der Waals surface area (Å²) < 4.78 is 34.4. The Kier molecular flexibility index (Phi) is 8.85. The van der Waals surface area contributed by atoms with Crippen LogP contribution in [0.5, 0.6) is 0 Å². The first-order chi connectivity index (χ1) is 14.4. The van der Waals surface area contributed by atoms with Crippen LogP contribution in [-0.2, 0) is 42.8 Å². The predicted molar refractivity (Wildman–Crippen MR) is 108 cm³/mol. The largest absolute Gasteiger partial charge is 0.463 e. The maximum absolute atomic E-state index is 11.8. The molecule has 31 heavy (non-hydrogen) atoms. The van der Waals surface area contributed by atoms with Crippen molar-refractivity contribution in [3.8, 4) is 0 Å². The van der Waals surface area contributed by atoms with E-state index in [-0.39, 0.29) is 36.4 Å². The van der Waals surface area contributed by atoms with Crippen LogP contribution in [0.1, 0.15) is 55.4 Å². The van der Waals surface area contributed by atoms with E-state index in [2.05, 4.69) is 13.8 Å². The summed E-state index contributed by atoms with van der Waals surface area (Å²) in [6.45, 7) is 13.9. The number of ether oxygens (including phenoxy) is 6. The van der Waals surface area contributed by atoms with Gasteiger partial charge in [-0.25, -0.2) is 0 Å². The van der Waals surface area contributed by atoms with Gasteiger partial charge in [-0.2, -0.15) is 0 Å². The fourth-order valence-electron chi connectivity index (χ4n) is 4.17. The smallest absolute Gasteiger partial charge is 0.304 e. The van der Waals surface area contributed by atoms with Crippen LogP contribution in [0, 0.1) is 23.7 Å². The SMILES string of the molecule is CC(=O)OCC1O[C@H](O[C@@H]2C(C)O[C@@H](OC(C)=O)C(C)[C@@H]2OC(C)=O)C(C)[C@@H](C)[C@@H]1C. The molecule has 9 nitrogen and oxygen atoms in total. The normalized spacial score (nSPS) is 40.6. The molecule has 0 spiro atoms. The van der Waals surface area contributed by atoms with Gasteiger partial charge in [-0.15, -0.1) is 0 Å². The van der Waals surface area contributed by atoms with Crippen molar-refractivity contribution in [3.05, 3.63) is 0 Å². The van der Waals surface area contributed by atoms with E-state index >= 15 is 0 Å². The van der Waals surface area contributed by atoms with Gasteiger partial charge in [0, 0.05) is 26.7 Å². The van der Waals surface area contributed by atoms with Crippen molar-refractivity contribution in [2.75, 3.05) is 6.61 Å². The summed E-state index contributed by atoms with van der Waals surface area (Å²) in [5.74, 6) is -1.33. The van der Waals surface area contributed by atoms with E-state index in [0.717, 1.165) is 0 Å².